The Hall–Kier alpha value is -1.16. The molecule has 1 N–H and O–H groups in total. The molecule has 1 heterocycles. The van der Waals surface area contributed by atoms with Crippen molar-refractivity contribution in [3.8, 4) is 0 Å². The molecule has 1 unspecified atom stereocenters. The van der Waals surface area contributed by atoms with Gasteiger partial charge in [0.2, 0.25) is 0 Å². The van der Waals surface area contributed by atoms with Gasteiger partial charge < -0.3 is 5.11 Å². The standard InChI is InChI=1S/C11H17N3O/c1-10(2)4-6-11(15,7-5-10)9-8-12-14(3)13-9/h4,6,8,15H,5,7H2,1-3H3. The lowest BCUT2D eigenvalue weighted by Crippen LogP contribution is -2.30. The fraction of sp³-hybridized carbons (Fsp3) is 0.636. The Labute approximate surface area is 89.6 Å². The lowest BCUT2D eigenvalue weighted by atomic mass is 9.76. The summed E-state index contributed by atoms with van der Waals surface area (Å²) in [6.45, 7) is 4.33. The molecule has 4 nitrogen and oxygen atoms in total. The summed E-state index contributed by atoms with van der Waals surface area (Å²) in [5, 5.41) is 18.5. The van der Waals surface area contributed by atoms with Crippen molar-refractivity contribution >= 4 is 0 Å². The number of nitrogens with zero attached hydrogens (tertiary/aromatic N) is 3. The van der Waals surface area contributed by atoms with Gasteiger partial charge in [-0.1, -0.05) is 26.0 Å². The van der Waals surface area contributed by atoms with Crippen LogP contribution in [0.25, 0.3) is 0 Å². The molecule has 2 rings (SSSR count). The van der Waals surface area contributed by atoms with E-state index in [1.807, 2.05) is 6.08 Å². The molecule has 1 aromatic heterocycles. The second-order valence-electron chi connectivity index (χ2n) is 4.97. The van der Waals surface area contributed by atoms with E-state index in [1.54, 1.807) is 13.2 Å². The second-order valence-corrected chi connectivity index (χ2v) is 4.97. The van der Waals surface area contributed by atoms with Crippen LogP contribution in [0.15, 0.2) is 18.3 Å². The number of hydrogen-bond donors (Lipinski definition) is 1. The first kappa shape index (κ1) is 10.4. The van der Waals surface area contributed by atoms with E-state index in [1.165, 1.54) is 4.80 Å². The molecule has 0 radical (unpaired) electrons. The minimum Gasteiger partial charge on any atom is -0.379 e. The molecule has 0 aromatic carbocycles. The third-order valence-electron chi connectivity index (χ3n) is 3.00. The van der Waals surface area contributed by atoms with Gasteiger partial charge in [-0.3, -0.25) is 0 Å². The van der Waals surface area contributed by atoms with E-state index in [-0.39, 0.29) is 5.41 Å². The molecule has 1 aliphatic carbocycles. The largest absolute Gasteiger partial charge is 0.379 e. The van der Waals surface area contributed by atoms with Crippen LogP contribution >= 0.6 is 0 Å². The summed E-state index contributed by atoms with van der Waals surface area (Å²) in [5.74, 6) is 0. The van der Waals surface area contributed by atoms with Crippen molar-refractivity contribution in [2.24, 2.45) is 12.5 Å². The third kappa shape index (κ3) is 1.95. The Kier molecular flexibility index (Phi) is 2.19. The Morgan fingerprint density at radius 1 is 1.33 bits per heavy atom. The minimum atomic E-state index is -0.927. The topological polar surface area (TPSA) is 50.9 Å². The average molecular weight is 207 g/mol. The molecular weight excluding hydrogens is 190 g/mol. The Balaban J connectivity index is 2.30. The molecule has 0 saturated carbocycles. The predicted molar refractivity (Wildman–Crippen MR) is 57.1 cm³/mol. The van der Waals surface area contributed by atoms with Crippen LogP contribution in [0.3, 0.4) is 0 Å². The molecule has 0 bridgehead atoms. The van der Waals surface area contributed by atoms with Crippen molar-refractivity contribution in [2.75, 3.05) is 0 Å². The highest BCUT2D eigenvalue weighted by Crippen LogP contribution is 2.38. The zero-order chi connectivity index (χ0) is 11.1. The van der Waals surface area contributed by atoms with E-state index < -0.39 is 5.60 Å². The maximum absolute atomic E-state index is 10.4. The number of hydrogen-bond acceptors (Lipinski definition) is 3. The van der Waals surface area contributed by atoms with Crippen LogP contribution < -0.4 is 0 Å². The van der Waals surface area contributed by atoms with Crippen LogP contribution in [0.5, 0.6) is 0 Å². The van der Waals surface area contributed by atoms with Gasteiger partial charge in [0.1, 0.15) is 11.3 Å². The van der Waals surface area contributed by atoms with Crippen molar-refractivity contribution in [1.29, 1.82) is 0 Å². The SMILES string of the molecule is Cn1ncc(C2(O)C=CC(C)(C)CC2)n1. The van der Waals surface area contributed by atoms with E-state index >= 15 is 0 Å². The highest BCUT2D eigenvalue weighted by atomic mass is 16.3. The Morgan fingerprint density at radius 3 is 2.53 bits per heavy atom. The fourth-order valence-electron chi connectivity index (χ4n) is 1.80. The molecule has 0 saturated heterocycles. The molecular formula is C11H17N3O. The Morgan fingerprint density at radius 2 is 2.07 bits per heavy atom. The van der Waals surface area contributed by atoms with Gasteiger partial charge in [0.15, 0.2) is 0 Å². The van der Waals surface area contributed by atoms with Crippen LogP contribution in [0.1, 0.15) is 32.4 Å². The van der Waals surface area contributed by atoms with Gasteiger partial charge >= 0.3 is 0 Å². The first-order chi connectivity index (χ1) is 6.91. The first-order valence-corrected chi connectivity index (χ1v) is 5.21. The van der Waals surface area contributed by atoms with Crippen molar-refractivity contribution in [2.45, 2.75) is 32.3 Å². The first-order valence-electron chi connectivity index (χ1n) is 5.21. The fourth-order valence-corrected chi connectivity index (χ4v) is 1.80. The molecule has 1 aromatic rings. The summed E-state index contributed by atoms with van der Waals surface area (Å²) >= 11 is 0. The van der Waals surface area contributed by atoms with Crippen LogP contribution in [0.4, 0.5) is 0 Å². The summed E-state index contributed by atoms with van der Waals surface area (Å²) in [5.41, 5.74) is -0.116. The summed E-state index contributed by atoms with van der Waals surface area (Å²) in [6.07, 6.45) is 7.19. The van der Waals surface area contributed by atoms with Crippen LogP contribution in [-0.4, -0.2) is 20.1 Å². The van der Waals surface area contributed by atoms with Gasteiger partial charge in [0.25, 0.3) is 0 Å². The predicted octanol–water partition coefficient (Wildman–Crippen LogP) is 1.38. The number of aliphatic hydroxyl groups is 1. The van der Waals surface area contributed by atoms with Crippen LogP contribution in [0.2, 0.25) is 0 Å². The molecule has 4 heteroatoms. The number of aromatic nitrogens is 3. The molecule has 0 spiro atoms. The van der Waals surface area contributed by atoms with E-state index in [0.717, 1.165) is 6.42 Å². The molecule has 0 aliphatic heterocycles. The summed E-state index contributed by atoms with van der Waals surface area (Å²) in [4.78, 5) is 1.47. The van der Waals surface area contributed by atoms with Crippen molar-refractivity contribution in [1.82, 2.24) is 15.0 Å². The van der Waals surface area contributed by atoms with Crippen molar-refractivity contribution in [3.63, 3.8) is 0 Å². The number of aryl methyl sites for hydroxylation is 1. The lowest BCUT2D eigenvalue weighted by molar-refractivity contribution is 0.0534. The summed E-state index contributed by atoms with van der Waals surface area (Å²) < 4.78 is 0. The zero-order valence-corrected chi connectivity index (χ0v) is 9.44. The molecule has 1 atom stereocenters. The molecule has 0 amide bonds. The van der Waals surface area contributed by atoms with E-state index in [0.29, 0.717) is 12.1 Å². The van der Waals surface area contributed by atoms with E-state index in [2.05, 4.69) is 30.1 Å². The van der Waals surface area contributed by atoms with Gasteiger partial charge in [-0.05, 0) is 18.3 Å². The number of rotatable bonds is 1. The maximum atomic E-state index is 10.4. The third-order valence-corrected chi connectivity index (χ3v) is 3.00. The van der Waals surface area contributed by atoms with Gasteiger partial charge in [-0.2, -0.15) is 15.0 Å². The monoisotopic (exact) mass is 207 g/mol. The molecule has 0 fully saturated rings. The zero-order valence-electron chi connectivity index (χ0n) is 9.44. The maximum Gasteiger partial charge on any atom is 0.128 e. The highest BCUT2D eigenvalue weighted by Gasteiger charge is 2.35. The smallest absolute Gasteiger partial charge is 0.128 e. The van der Waals surface area contributed by atoms with Crippen molar-refractivity contribution in [3.05, 3.63) is 24.0 Å². The molecule has 82 valence electrons. The quantitative estimate of drug-likeness (QED) is 0.708. The van der Waals surface area contributed by atoms with Crippen LogP contribution in [-0.2, 0) is 12.6 Å². The second kappa shape index (κ2) is 3.17. The van der Waals surface area contributed by atoms with Crippen LogP contribution in [0, 0.1) is 5.41 Å². The van der Waals surface area contributed by atoms with Gasteiger partial charge in [-0.25, -0.2) is 0 Å². The van der Waals surface area contributed by atoms with Gasteiger partial charge in [0.05, 0.1) is 6.20 Å². The summed E-state index contributed by atoms with van der Waals surface area (Å²) in [7, 11) is 1.75. The van der Waals surface area contributed by atoms with Crippen molar-refractivity contribution < 1.29 is 5.11 Å². The normalized spacial score (nSPS) is 29.3. The number of allylic oxidation sites excluding steroid dienone is 1. The van der Waals surface area contributed by atoms with Gasteiger partial charge in [-0.15, -0.1) is 0 Å². The van der Waals surface area contributed by atoms with Gasteiger partial charge in [0, 0.05) is 7.05 Å². The molecule has 1 aliphatic rings. The lowest BCUT2D eigenvalue weighted by Gasteiger charge is -2.33. The summed E-state index contributed by atoms with van der Waals surface area (Å²) in [6, 6.07) is 0. The molecule has 15 heavy (non-hydrogen) atoms. The minimum absolute atomic E-state index is 0.175. The average Bonchev–Trinajstić information content (AvgIpc) is 2.59. The van der Waals surface area contributed by atoms with E-state index in [4.69, 9.17) is 0 Å². The Bertz CT molecular complexity index is 394. The highest BCUT2D eigenvalue weighted by molar-refractivity contribution is 5.20. The van der Waals surface area contributed by atoms with E-state index in [9.17, 15) is 5.11 Å².